The maximum absolute atomic E-state index is 17.4. The summed E-state index contributed by atoms with van der Waals surface area (Å²) in [4.78, 5) is 63.7. The second-order valence-corrected chi connectivity index (χ2v) is 10.8. The van der Waals surface area contributed by atoms with Crippen molar-refractivity contribution in [2.75, 3.05) is 19.0 Å². The van der Waals surface area contributed by atoms with Crippen molar-refractivity contribution >= 4 is 35.0 Å². The average molecular weight is 642 g/mol. The first-order valence-electron chi connectivity index (χ1n) is 14.4. The number of fused-ring (bicyclic) bond motifs is 1. The summed E-state index contributed by atoms with van der Waals surface area (Å²) in [5, 5.41) is 2.72. The SMILES string of the molecule is CNc1nc2c(ncn2C2O[C@](F)(COC(=O)c3ccccc3)[C@@H](OC(=O)c3ccccc3)[C@@]2(C)OC(=O)c2ccccc2)c(=O)[nH]1. The Morgan fingerprint density at radius 1 is 0.915 bits per heavy atom. The first-order valence-corrected chi connectivity index (χ1v) is 14.4. The molecular formula is C33H28FN5O8. The number of alkyl halides is 1. The van der Waals surface area contributed by atoms with E-state index in [1.54, 1.807) is 54.6 Å². The highest BCUT2D eigenvalue weighted by Gasteiger charge is 2.69. The van der Waals surface area contributed by atoms with Crippen molar-refractivity contribution in [2.24, 2.45) is 0 Å². The molecule has 4 atom stereocenters. The van der Waals surface area contributed by atoms with Gasteiger partial charge in [-0.25, -0.2) is 23.8 Å². The predicted molar refractivity (Wildman–Crippen MR) is 164 cm³/mol. The van der Waals surface area contributed by atoms with E-state index in [4.69, 9.17) is 18.9 Å². The zero-order chi connectivity index (χ0) is 33.2. The van der Waals surface area contributed by atoms with Gasteiger partial charge in [0, 0.05) is 7.05 Å². The Morgan fingerprint density at radius 3 is 2.04 bits per heavy atom. The van der Waals surface area contributed by atoms with E-state index < -0.39 is 53.9 Å². The smallest absolute Gasteiger partial charge is 0.338 e. The van der Waals surface area contributed by atoms with E-state index >= 15 is 4.39 Å². The van der Waals surface area contributed by atoms with Gasteiger partial charge in [-0.2, -0.15) is 4.98 Å². The van der Waals surface area contributed by atoms with Crippen LogP contribution in [0.2, 0.25) is 0 Å². The lowest BCUT2D eigenvalue weighted by atomic mass is 9.94. The highest BCUT2D eigenvalue weighted by atomic mass is 19.2. The normalized spacial score (nSPS) is 22.0. The minimum Gasteiger partial charge on any atom is -0.456 e. The summed E-state index contributed by atoms with van der Waals surface area (Å²) in [5.74, 6) is -5.80. The standard InChI is InChI=1S/C33H28FN5O8/c1-32(46-28(43)22-16-10-5-11-17-22)29(45-27(42)21-14-8-4-9-15-21)33(34,18-44-26(41)20-12-6-3-7-13-20)47-30(32)39-19-36-23-24(39)37-31(35-2)38-25(23)40/h3-17,19,29-30H,18H2,1-2H3,(H2,35,37,38,40)/t29-,30?,32+,33+/m0/s1. The van der Waals surface area contributed by atoms with Crippen LogP contribution in [-0.2, 0) is 18.9 Å². The van der Waals surface area contributed by atoms with E-state index in [-0.39, 0.29) is 33.8 Å². The van der Waals surface area contributed by atoms with Gasteiger partial charge in [0.25, 0.3) is 11.4 Å². The molecule has 3 heterocycles. The number of benzene rings is 3. The largest absolute Gasteiger partial charge is 0.456 e. The van der Waals surface area contributed by atoms with Crippen LogP contribution in [0.4, 0.5) is 10.3 Å². The van der Waals surface area contributed by atoms with E-state index in [2.05, 4.69) is 20.3 Å². The molecule has 0 radical (unpaired) electrons. The molecule has 1 fully saturated rings. The van der Waals surface area contributed by atoms with E-state index in [0.29, 0.717) is 0 Å². The quantitative estimate of drug-likeness (QED) is 0.176. The van der Waals surface area contributed by atoms with Gasteiger partial charge in [-0.15, -0.1) is 0 Å². The van der Waals surface area contributed by atoms with Crippen molar-refractivity contribution < 1.29 is 37.7 Å². The molecule has 1 unspecified atom stereocenters. The molecule has 47 heavy (non-hydrogen) atoms. The van der Waals surface area contributed by atoms with Crippen LogP contribution in [0.25, 0.3) is 11.2 Å². The molecule has 1 saturated heterocycles. The van der Waals surface area contributed by atoms with Crippen LogP contribution in [0.5, 0.6) is 0 Å². The lowest BCUT2D eigenvalue weighted by Gasteiger charge is -2.35. The van der Waals surface area contributed by atoms with Gasteiger partial charge in [0.1, 0.15) is 0 Å². The lowest BCUT2D eigenvalue weighted by molar-refractivity contribution is -0.207. The van der Waals surface area contributed by atoms with Crippen molar-refractivity contribution in [1.29, 1.82) is 0 Å². The highest BCUT2D eigenvalue weighted by molar-refractivity contribution is 5.91. The number of imidazole rings is 1. The molecule has 6 rings (SSSR count). The van der Waals surface area contributed by atoms with Crippen molar-refractivity contribution in [3.05, 3.63) is 124 Å². The van der Waals surface area contributed by atoms with Gasteiger partial charge in [-0.1, -0.05) is 54.6 Å². The van der Waals surface area contributed by atoms with Crippen LogP contribution in [-0.4, -0.2) is 68.6 Å². The summed E-state index contributed by atoms with van der Waals surface area (Å²) in [6.45, 7) is 0.227. The second-order valence-electron chi connectivity index (χ2n) is 10.8. The molecule has 0 spiro atoms. The van der Waals surface area contributed by atoms with Crippen LogP contribution in [0.15, 0.2) is 102 Å². The molecule has 2 aromatic heterocycles. The van der Waals surface area contributed by atoms with E-state index in [1.165, 1.54) is 54.9 Å². The van der Waals surface area contributed by atoms with Crippen LogP contribution in [0.3, 0.4) is 0 Å². The van der Waals surface area contributed by atoms with Gasteiger partial charge in [-0.05, 0) is 43.3 Å². The third-order valence-electron chi connectivity index (χ3n) is 7.60. The molecule has 14 heteroatoms. The molecule has 0 aliphatic carbocycles. The van der Waals surface area contributed by atoms with Crippen molar-refractivity contribution in [2.45, 2.75) is 30.7 Å². The number of halogens is 1. The van der Waals surface area contributed by atoms with Crippen LogP contribution >= 0.6 is 0 Å². The highest BCUT2D eigenvalue weighted by Crippen LogP contribution is 2.50. The summed E-state index contributed by atoms with van der Waals surface area (Å²) < 4.78 is 41.7. The van der Waals surface area contributed by atoms with Gasteiger partial charge in [-0.3, -0.25) is 14.3 Å². The number of ether oxygens (including phenoxy) is 4. The zero-order valence-corrected chi connectivity index (χ0v) is 25.1. The average Bonchev–Trinajstić information content (AvgIpc) is 3.61. The number of rotatable bonds is 9. The monoisotopic (exact) mass is 641 g/mol. The van der Waals surface area contributed by atoms with Crippen LogP contribution in [0.1, 0.15) is 44.2 Å². The van der Waals surface area contributed by atoms with Crippen molar-refractivity contribution in [3.8, 4) is 0 Å². The van der Waals surface area contributed by atoms with Gasteiger partial charge < -0.3 is 24.3 Å². The number of aromatic nitrogens is 4. The number of hydrogen-bond donors (Lipinski definition) is 2. The number of nitrogens with one attached hydrogen (secondary N) is 2. The first kappa shape index (κ1) is 31.1. The van der Waals surface area contributed by atoms with Gasteiger partial charge in [0.05, 0.1) is 23.0 Å². The van der Waals surface area contributed by atoms with Gasteiger partial charge in [0.15, 0.2) is 29.6 Å². The zero-order valence-electron chi connectivity index (χ0n) is 25.1. The Bertz CT molecular complexity index is 1990. The predicted octanol–water partition coefficient (Wildman–Crippen LogP) is 4.05. The summed E-state index contributed by atoms with van der Waals surface area (Å²) >= 11 is 0. The maximum Gasteiger partial charge on any atom is 0.338 e. The Hall–Kier alpha value is -5.89. The number of H-pyrrole nitrogens is 1. The Balaban J connectivity index is 1.48. The van der Waals surface area contributed by atoms with Gasteiger partial charge >= 0.3 is 17.9 Å². The van der Waals surface area contributed by atoms with Crippen molar-refractivity contribution in [3.63, 3.8) is 0 Å². The minimum absolute atomic E-state index is 0.0561. The molecule has 3 aromatic carbocycles. The molecule has 240 valence electrons. The third kappa shape index (κ3) is 5.93. The summed E-state index contributed by atoms with van der Waals surface area (Å²) in [5.41, 5.74) is -2.69. The number of anilines is 1. The number of aromatic amines is 1. The van der Waals surface area contributed by atoms with Crippen LogP contribution < -0.4 is 10.9 Å². The molecule has 0 bridgehead atoms. The Kier molecular flexibility index (Phi) is 8.26. The number of carbonyl (C=O) groups is 3. The molecule has 1 aliphatic rings. The molecule has 2 N–H and O–H groups in total. The maximum atomic E-state index is 17.4. The summed E-state index contributed by atoms with van der Waals surface area (Å²) in [6, 6.07) is 23.5. The fraction of sp³-hybridized carbons (Fsp3) is 0.212. The van der Waals surface area contributed by atoms with E-state index in [0.717, 1.165) is 6.33 Å². The van der Waals surface area contributed by atoms with Crippen molar-refractivity contribution in [1.82, 2.24) is 19.5 Å². The Labute approximate surface area is 266 Å². The Morgan fingerprint density at radius 2 is 1.47 bits per heavy atom. The fourth-order valence-corrected chi connectivity index (χ4v) is 5.29. The molecule has 13 nitrogen and oxygen atoms in total. The number of carbonyl (C=O) groups excluding carboxylic acids is 3. The fourth-order valence-electron chi connectivity index (χ4n) is 5.29. The van der Waals surface area contributed by atoms with E-state index in [1.807, 2.05) is 0 Å². The summed E-state index contributed by atoms with van der Waals surface area (Å²) in [7, 11) is 1.52. The number of hydrogen-bond acceptors (Lipinski definition) is 11. The molecular weight excluding hydrogens is 613 g/mol. The van der Waals surface area contributed by atoms with Crippen LogP contribution in [0, 0.1) is 0 Å². The first-order chi connectivity index (χ1) is 22.6. The molecule has 0 saturated carbocycles. The molecule has 0 amide bonds. The van der Waals surface area contributed by atoms with E-state index in [9.17, 15) is 19.2 Å². The third-order valence-corrected chi connectivity index (χ3v) is 7.60. The molecule has 5 aromatic rings. The topological polar surface area (TPSA) is 164 Å². The number of esters is 3. The molecule has 1 aliphatic heterocycles. The minimum atomic E-state index is -3.10. The van der Waals surface area contributed by atoms with Gasteiger partial charge in [0.2, 0.25) is 12.1 Å². The lowest BCUT2D eigenvalue weighted by Crippen LogP contribution is -2.54. The summed E-state index contributed by atoms with van der Waals surface area (Å²) in [6.07, 6.45) is -2.54. The second kappa shape index (κ2) is 12.5. The number of nitrogens with zero attached hydrogens (tertiary/aromatic N) is 3.